The number of furan rings is 1. The summed E-state index contributed by atoms with van der Waals surface area (Å²) in [7, 11) is 0. The zero-order valence-electron chi connectivity index (χ0n) is 25.8. The monoisotopic (exact) mass is 554 g/mol. The second kappa shape index (κ2) is 7.77. The van der Waals surface area contributed by atoms with Crippen molar-refractivity contribution in [1.29, 1.82) is 0 Å². The van der Waals surface area contributed by atoms with Crippen LogP contribution in [-0.4, -0.2) is 37.6 Å². The lowest BCUT2D eigenvalue weighted by Gasteiger charge is -2.50. The van der Waals surface area contributed by atoms with Gasteiger partial charge in [0.1, 0.15) is 5.58 Å². The smallest absolute Gasteiger partial charge is 0.203 e. The first-order valence-corrected chi connectivity index (χ1v) is 15.0. The fraction of sp³-hybridized carbons (Fsp3) is 0.324. The van der Waals surface area contributed by atoms with Gasteiger partial charge in [0, 0.05) is 21.8 Å². The molecular formula is C37H38N4O. The molecule has 0 spiro atoms. The van der Waals surface area contributed by atoms with Gasteiger partial charge < -0.3 is 18.8 Å². The summed E-state index contributed by atoms with van der Waals surface area (Å²) >= 11 is 0. The van der Waals surface area contributed by atoms with Crippen LogP contribution >= 0.6 is 0 Å². The number of hydrogen-bond acceptors (Lipinski definition) is 4. The van der Waals surface area contributed by atoms with E-state index in [1.807, 2.05) is 0 Å². The van der Waals surface area contributed by atoms with Crippen molar-refractivity contribution >= 4 is 55.4 Å². The van der Waals surface area contributed by atoms with E-state index in [4.69, 9.17) is 9.41 Å². The molecule has 0 bridgehead atoms. The third-order valence-corrected chi connectivity index (χ3v) is 11.0. The molecule has 0 unspecified atom stereocenters. The summed E-state index contributed by atoms with van der Waals surface area (Å²) in [6.07, 6.45) is 0. The van der Waals surface area contributed by atoms with Crippen molar-refractivity contribution in [1.82, 2.24) is 9.47 Å². The summed E-state index contributed by atoms with van der Waals surface area (Å²) in [4.78, 5) is 10.5. The van der Waals surface area contributed by atoms with Crippen molar-refractivity contribution in [3.63, 3.8) is 0 Å². The van der Waals surface area contributed by atoms with Crippen LogP contribution in [0.2, 0.25) is 0 Å². The molecule has 4 heterocycles. The van der Waals surface area contributed by atoms with Gasteiger partial charge >= 0.3 is 0 Å². The van der Waals surface area contributed by atoms with Crippen LogP contribution in [0.5, 0.6) is 0 Å². The number of aromatic nitrogens is 1. The zero-order valence-corrected chi connectivity index (χ0v) is 25.8. The lowest BCUT2D eigenvalue weighted by molar-refractivity contribution is 0.0529. The number of fused-ring (bicyclic) bond motifs is 8. The molecule has 1 saturated heterocycles. The molecule has 1 fully saturated rings. The Morgan fingerprint density at radius 3 is 2.02 bits per heavy atom. The van der Waals surface area contributed by atoms with Crippen LogP contribution in [0.4, 0.5) is 5.69 Å². The third kappa shape index (κ3) is 2.87. The number of hydrogen-bond donors (Lipinski definition) is 0. The minimum Gasteiger partial charge on any atom is -0.454 e. The molecule has 2 aromatic heterocycles. The lowest BCUT2D eigenvalue weighted by Crippen LogP contribution is -2.63. The molecule has 0 atom stereocenters. The second-order valence-electron chi connectivity index (χ2n) is 14.1. The van der Waals surface area contributed by atoms with Gasteiger partial charge in [-0.25, -0.2) is 4.99 Å². The summed E-state index contributed by atoms with van der Waals surface area (Å²) in [5, 5.41) is 4.71. The number of para-hydroxylation sites is 3. The molecule has 4 aromatic carbocycles. The third-order valence-electron chi connectivity index (χ3n) is 11.0. The van der Waals surface area contributed by atoms with Crippen LogP contribution in [0.15, 0.2) is 94.3 Å². The summed E-state index contributed by atoms with van der Waals surface area (Å²) in [5.74, 6) is 1.02. The fourth-order valence-corrected chi connectivity index (χ4v) is 7.60. The molecule has 2 aliphatic rings. The maximum Gasteiger partial charge on any atom is 0.203 e. The Bertz CT molecular complexity index is 2110. The number of rotatable bonds is 2. The number of guanidine groups is 1. The Labute approximate surface area is 247 Å². The molecule has 6 aromatic rings. The van der Waals surface area contributed by atoms with Gasteiger partial charge in [0.05, 0.1) is 44.3 Å². The molecule has 0 aliphatic carbocycles. The van der Waals surface area contributed by atoms with E-state index in [0.717, 1.165) is 39.3 Å². The van der Waals surface area contributed by atoms with Crippen molar-refractivity contribution in [3.05, 3.63) is 84.9 Å². The molecule has 0 amide bonds. The first-order valence-electron chi connectivity index (χ1n) is 15.0. The van der Waals surface area contributed by atoms with Crippen molar-refractivity contribution in [3.8, 4) is 5.69 Å². The Kier molecular flexibility index (Phi) is 4.71. The SMILES string of the molecule is CC1(C)N=C2N(c3cc4c5ccccc5n(-c5ccccc5)c4c4c3oc3ccccc34)C(C)(C)C(C)(C)N2C1(C)C. The highest BCUT2D eigenvalue weighted by atomic mass is 16.3. The minimum absolute atomic E-state index is 0.168. The van der Waals surface area contributed by atoms with Crippen LogP contribution in [0.25, 0.3) is 49.4 Å². The van der Waals surface area contributed by atoms with E-state index < -0.39 is 0 Å². The summed E-state index contributed by atoms with van der Waals surface area (Å²) in [5.41, 5.74) is 5.46. The van der Waals surface area contributed by atoms with Crippen molar-refractivity contribution in [2.75, 3.05) is 4.90 Å². The van der Waals surface area contributed by atoms with Gasteiger partial charge in [-0.3, -0.25) is 0 Å². The molecule has 0 radical (unpaired) electrons. The summed E-state index contributed by atoms with van der Waals surface area (Å²) < 4.78 is 9.28. The van der Waals surface area contributed by atoms with E-state index in [2.05, 4.69) is 155 Å². The quantitative estimate of drug-likeness (QED) is 0.214. The Balaban J connectivity index is 1.57. The second-order valence-corrected chi connectivity index (χ2v) is 14.1. The molecule has 8 rings (SSSR count). The molecule has 212 valence electrons. The van der Waals surface area contributed by atoms with Gasteiger partial charge in [-0.1, -0.05) is 54.6 Å². The molecule has 42 heavy (non-hydrogen) atoms. The maximum atomic E-state index is 6.88. The highest BCUT2D eigenvalue weighted by molar-refractivity contribution is 6.28. The molecule has 5 nitrogen and oxygen atoms in total. The van der Waals surface area contributed by atoms with Gasteiger partial charge in [0.25, 0.3) is 0 Å². The fourth-order valence-electron chi connectivity index (χ4n) is 7.60. The first kappa shape index (κ1) is 25.5. The highest BCUT2D eigenvalue weighted by Crippen LogP contribution is 2.56. The van der Waals surface area contributed by atoms with Gasteiger partial charge in [0.15, 0.2) is 5.58 Å². The van der Waals surface area contributed by atoms with Gasteiger partial charge in [0.2, 0.25) is 5.96 Å². The summed E-state index contributed by atoms with van der Waals surface area (Å²) in [6, 6.07) is 30.3. The summed E-state index contributed by atoms with van der Waals surface area (Å²) in [6.45, 7) is 18.6. The van der Waals surface area contributed by atoms with Crippen molar-refractivity contribution < 1.29 is 4.42 Å². The average Bonchev–Trinajstić information content (AvgIpc) is 3.58. The van der Waals surface area contributed by atoms with Gasteiger partial charge in [-0.05, 0) is 85.7 Å². The van der Waals surface area contributed by atoms with Gasteiger partial charge in [-0.2, -0.15) is 0 Å². The van der Waals surface area contributed by atoms with E-state index in [1.54, 1.807) is 0 Å². The van der Waals surface area contributed by atoms with E-state index in [0.29, 0.717) is 0 Å². The van der Waals surface area contributed by atoms with Crippen LogP contribution < -0.4 is 4.90 Å². The largest absolute Gasteiger partial charge is 0.454 e. The molecule has 2 aliphatic heterocycles. The van der Waals surface area contributed by atoms with E-state index in [1.165, 1.54) is 21.8 Å². The average molecular weight is 555 g/mol. The predicted molar refractivity (Wildman–Crippen MR) is 176 cm³/mol. The number of benzene rings is 4. The number of aliphatic imine (C=N–C) groups is 1. The zero-order chi connectivity index (χ0) is 29.4. The molecule has 5 heteroatoms. The molecule has 0 saturated carbocycles. The topological polar surface area (TPSA) is 36.9 Å². The van der Waals surface area contributed by atoms with Crippen LogP contribution in [0.3, 0.4) is 0 Å². The highest BCUT2D eigenvalue weighted by Gasteiger charge is 2.66. The van der Waals surface area contributed by atoms with Gasteiger partial charge in [-0.15, -0.1) is 0 Å². The Morgan fingerprint density at radius 2 is 1.29 bits per heavy atom. The molecule has 0 N–H and O–H groups in total. The predicted octanol–water partition coefficient (Wildman–Crippen LogP) is 9.29. The Morgan fingerprint density at radius 1 is 0.643 bits per heavy atom. The first-order chi connectivity index (χ1) is 19.9. The van der Waals surface area contributed by atoms with Crippen LogP contribution in [0, 0.1) is 0 Å². The lowest BCUT2D eigenvalue weighted by atomic mass is 9.76. The van der Waals surface area contributed by atoms with Crippen LogP contribution in [-0.2, 0) is 0 Å². The van der Waals surface area contributed by atoms with Crippen molar-refractivity contribution in [2.24, 2.45) is 4.99 Å². The van der Waals surface area contributed by atoms with Crippen molar-refractivity contribution in [2.45, 2.75) is 77.5 Å². The van der Waals surface area contributed by atoms with E-state index in [9.17, 15) is 0 Å². The van der Waals surface area contributed by atoms with E-state index in [-0.39, 0.29) is 22.2 Å². The maximum absolute atomic E-state index is 6.88. The molecular weight excluding hydrogens is 516 g/mol. The minimum atomic E-state index is -0.281. The Hall–Kier alpha value is -4.25. The standard InChI is InChI=1S/C37H38N4O/c1-34(2)35(3,4)41-33(38-34)40(36(5,6)37(41,7)8)28-22-26-24-18-12-14-20-27(24)39(23-16-10-9-11-17-23)31(26)30-25-19-13-15-21-29(25)42-32(28)30/h9-22H,1-8H3. The van der Waals surface area contributed by atoms with Crippen LogP contribution in [0.1, 0.15) is 55.4 Å². The normalized spacial score (nSPS) is 20.2. The number of nitrogens with zero attached hydrogens (tertiary/aromatic N) is 4. The van der Waals surface area contributed by atoms with E-state index >= 15 is 0 Å². The number of anilines is 1.